The van der Waals surface area contributed by atoms with Gasteiger partial charge < -0.3 is 10.6 Å². The molecule has 0 saturated carbocycles. The lowest BCUT2D eigenvalue weighted by molar-refractivity contribution is -0.115. The monoisotopic (exact) mass is 266 g/mol. The Balaban J connectivity index is 2.40. The van der Waals surface area contributed by atoms with Gasteiger partial charge in [0.15, 0.2) is 0 Å². The van der Waals surface area contributed by atoms with Crippen LogP contribution in [0.3, 0.4) is 0 Å². The molecule has 0 radical (unpaired) electrons. The average Bonchev–Trinajstić information content (AvgIpc) is 2.37. The maximum Gasteiger partial charge on any atom is 0.238 e. The summed E-state index contributed by atoms with van der Waals surface area (Å²) in [6.45, 7) is 4.49. The fourth-order valence-corrected chi connectivity index (χ4v) is 2.42. The van der Waals surface area contributed by atoms with Crippen LogP contribution < -0.4 is 10.6 Å². The van der Waals surface area contributed by atoms with Crippen LogP contribution in [-0.2, 0) is 4.79 Å². The van der Waals surface area contributed by atoms with Crippen molar-refractivity contribution in [3.63, 3.8) is 0 Å². The van der Waals surface area contributed by atoms with Crippen LogP contribution in [0.2, 0.25) is 0 Å². The molecule has 0 heterocycles. The maximum absolute atomic E-state index is 11.8. The van der Waals surface area contributed by atoms with Crippen molar-refractivity contribution in [3.05, 3.63) is 29.8 Å². The van der Waals surface area contributed by atoms with Gasteiger partial charge in [0.25, 0.3) is 0 Å². The van der Waals surface area contributed by atoms with Gasteiger partial charge in [0.1, 0.15) is 0 Å². The molecule has 1 aromatic carbocycles. The molecule has 18 heavy (non-hydrogen) atoms. The first-order chi connectivity index (χ1) is 8.67. The lowest BCUT2D eigenvalue weighted by Gasteiger charge is -2.15. The van der Waals surface area contributed by atoms with E-state index in [0.717, 1.165) is 23.4 Å². The molecular weight excluding hydrogens is 244 g/mol. The number of thioether (sulfide) groups is 1. The van der Waals surface area contributed by atoms with Crippen molar-refractivity contribution in [2.45, 2.75) is 26.3 Å². The van der Waals surface area contributed by atoms with E-state index in [0.29, 0.717) is 12.6 Å². The molecule has 0 bridgehead atoms. The van der Waals surface area contributed by atoms with Crippen LogP contribution in [0.4, 0.5) is 5.69 Å². The molecule has 100 valence electrons. The van der Waals surface area contributed by atoms with Crippen LogP contribution in [0, 0.1) is 6.92 Å². The molecule has 2 N–H and O–H groups in total. The summed E-state index contributed by atoms with van der Waals surface area (Å²) >= 11 is 1.80. The molecule has 1 atom stereocenters. The van der Waals surface area contributed by atoms with Gasteiger partial charge in [-0.2, -0.15) is 11.8 Å². The molecule has 0 aliphatic heterocycles. The van der Waals surface area contributed by atoms with Crippen LogP contribution in [0.1, 0.15) is 18.9 Å². The molecule has 0 aliphatic carbocycles. The van der Waals surface area contributed by atoms with Gasteiger partial charge in [-0.3, -0.25) is 4.79 Å². The summed E-state index contributed by atoms with van der Waals surface area (Å²) in [6, 6.07) is 8.22. The predicted octanol–water partition coefficient (Wildman–Crippen LogP) is 2.66. The number of carbonyl (C=O) groups is 1. The lowest BCUT2D eigenvalue weighted by Crippen LogP contribution is -2.37. The molecule has 0 fully saturated rings. The number of rotatable bonds is 7. The second-order valence-electron chi connectivity index (χ2n) is 4.30. The minimum atomic E-state index is 0.0175. The Labute approximate surface area is 114 Å². The Kier molecular flexibility index (Phi) is 6.83. The summed E-state index contributed by atoms with van der Waals surface area (Å²) in [5.74, 6) is 1.05. The Morgan fingerprint density at radius 2 is 2.11 bits per heavy atom. The summed E-state index contributed by atoms with van der Waals surface area (Å²) in [5.41, 5.74) is 1.98. The third-order valence-corrected chi connectivity index (χ3v) is 3.57. The number of carbonyl (C=O) groups excluding carboxylic acids is 1. The van der Waals surface area contributed by atoms with Crippen molar-refractivity contribution >= 4 is 23.4 Å². The van der Waals surface area contributed by atoms with Crippen molar-refractivity contribution in [3.8, 4) is 0 Å². The Morgan fingerprint density at radius 1 is 1.39 bits per heavy atom. The standard InChI is InChI=1S/C14H22N2OS/c1-4-12(10-18-3)15-9-14(17)16-13-8-6-5-7-11(13)2/h5-8,12,15H,4,9-10H2,1-3H3,(H,16,17). The normalized spacial score (nSPS) is 12.2. The smallest absolute Gasteiger partial charge is 0.238 e. The highest BCUT2D eigenvalue weighted by molar-refractivity contribution is 7.98. The number of hydrogen-bond acceptors (Lipinski definition) is 3. The first-order valence-corrected chi connectivity index (χ1v) is 7.64. The number of aryl methyl sites for hydroxylation is 1. The van der Waals surface area contributed by atoms with Gasteiger partial charge in [-0.1, -0.05) is 25.1 Å². The fourth-order valence-electron chi connectivity index (χ4n) is 1.67. The minimum Gasteiger partial charge on any atom is -0.325 e. The topological polar surface area (TPSA) is 41.1 Å². The van der Waals surface area contributed by atoms with Crippen molar-refractivity contribution in [2.24, 2.45) is 0 Å². The highest BCUT2D eigenvalue weighted by atomic mass is 32.2. The highest BCUT2D eigenvalue weighted by Gasteiger charge is 2.08. The molecule has 3 nitrogen and oxygen atoms in total. The Bertz CT molecular complexity index is 382. The van der Waals surface area contributed by atoms with Crippen molar-refractivity contribution in [1.82, 2.24) is 5.32 Å². The van der Waals surface area contributed by atoms with Gasteiger partial charge in [0, 0.05) is 17.5 Å². The zero-order valence-corrected chi connectivity index (χ0v) is 12.1. The van der Waals surface area contributed by atoms with E-state index in [4.69, 9.17) is 0 Å². The van der Waals surface area contributed by atoms with Crippen molar-refractivity contribution in [2.75, 3.05) is 23.9 Å². The van der Waals surface area contributed by atoms with E-state index in [1.165, 1.54) is 0 Å². The van der Waals surface area contributed by atoms with Crippen LogP contribution in [-0.4, -0.2) is 30.5 Å². The van der Waals surface area contributed by atoms with E-state index in [1.54, 1.807) is 11.8 Å². The van der Waals surface area contributed by atoms with Gasteiger partial charge in [0.2, 0.25) is 5.91 Å². The van der Waals surface area contributed by atoms with Crippen LogP contribution in [0.25, 0.3) is 0 Å². The van der Waals surface area contributed by atoms with E-state index in [9.17, 15) is 4.79 Å². The van der Waals surface area contributed by atoms with Crippen molar-refractivity contribution in [1.29, 1.82) is 0 Å². The van der Waals surface area contributed by atoms with E-state index >= 15 is 0 Å². The Morgan fingerprint density at radius 3 is 2.72 bits per heavy atom. The van der Waals surface area contributed by atoms with Gasteiger partial charge in [0.05, 0.1) is 6.54 Å². The number of benzene rings is 1. The molecule has 0 spiro atoms. The third kappa shape index (κ3) is 5.10. The van der Waals surface area contributed by atoms with Crippen LogP contribution in [0.5, 0.6) is 0 Å². The molecule has 1 rings (SSSR count). The van der Waals surface area contributed by atoms with Gasteiger partial charge in [-0.05, 0) is 31.2 Å². The summed E-state index contributed by atoms with van der Waals surface area (Å²) in [4.78, 5) is 11.8. The van der Waals surface area contributed by atoms with Gasteiger partial charge >= 0.3 is 0 Å². The molecule has 4 heteroatoms. The average molecular weight is 266 g/mol. The molecule has 0 aliphatic rings. The Hall–Kier alpha value is -1.00. The van der Waals surface area contributed by atoms with Gasteiger partial charge in [-0.15, -0.1) is 0 Å². The zero-order valence-electron chi connectivity index (χ0n) is 11.3. The molecule has 0 aromatic heterocycles. The lowest BCUT2D eigenvalue weighted by atomic mass is 10.2. The summed E-state index contributed by atoms with van der Waals surface area (Å²) in [6.07, 6.45) is 3.12. The molecule has 1 aromatic rings. The zero-order chi connectivity index (χ0) is 13.4. The van der Waals surface area contributed by atoms with E-state index < -0.39 is 0 Å². The predicted molar refractivity (Wildman–Crippen MR) is 80.3 cm³/mol. The number of para-hydroxylation sites is 1. The number of anilines is 1. The summed E-state index contributed by atoms with van der Waals surface area (Å²) in [5, 5.41) is 6.20. The molecule has 1 amide bonds. The highest BCUT2D eigenvalue weighted by Crippen LogP contribution is 2.12. The maximum atomic E-state index is 11.8. The molecule has 0 saturated heterocycles. The largest absolute Gasteiger partial charge is 0.325 e. The third-order valence-electron chi connectivity index (χ3n) is 2.83. The quantitative estimate of drug-likeness (QED) is 0.797. The van der Waals surface area contributed by atoms with E-state index in [2.05, 4.69) is 23.8 Å². The van der Waals surface area contributed by atoms with Crippen LogP contribution in [0.15, 0.2) is 24.3 Å². The first-order valence-electron chi connectivity index (χ1n) is 6.25. The SMILES string of the molecule is CCC(CSC)NCC(=O)Nc1ccccc1C. The summed E-state index contributed by atoms with van der Waals surface area (Å²) < 4.78 is 0. The summed E-state index contributed by atoms with van der Waals surface area (Å²) in [7, 11) is 0. The second kappa shape index (κ2) is 8.16. The van der Waals surface area contributed by atoms with Crippen molar-refractivity contribution < 1.29 is 4.79 Å². The first kappa shape index (κ1) is 15.1. The minimum absolute atomic E-state index is 0.0175. The molecule has 1 unspecified atom stereocenters. The van der Waals surface area contributed by atoms with Crippen LogP contribution >= 0.6 is 11.8 Å². The van der Waals surface area contributed by atoms with Gasteiger partial charge in [-0.25, -0.2) is 0 Å². The van der Waals surface area contributed by atoms with E-state index in [1.807, 2.05) is 31.2 Å². The number of hydrogen-bond donors (Lipinski definition) is 2. The second-order valence-corrected chi connectivity index (χ2v) is 5.22. The number of amides is 1. The van der Waals surface area contributed by atoms with E-state index in [-0.39, 0.29) is 5.91 Å². The number of nitrogens with one attached hydrogen (secondary N) is 2. The fraction of sp³-hybridized carbons (Fsp3) is 0.500. The molecular formula is C14H22N2OS.